The highest BCUT2D eigenvalue weighted by Crippen LogP contribution is 2.04. The van der Waals surface area contributed by atoms with E-state index in [4.69, 9.17) is 10.5 Å². The number of carbonyl (C=O) groups is 1. The average Bonchev–Trinajstić information content (AvgIpc) is 2.34. The van der Waals surface area contributed by atoms with Gasteiger partial charge >= 0.3 is 5.91 Å². The van der Waals surface area contributed by atoms with E-state index in [-0.39, 0.29) is 24.3 Å². The van der Waals surface area contributed by atoms with Gasteiger partial charge in [-0.3, -0.25) is 4.79 Å². The van der Waals surface area contributed by atoms with E-state index in [9.17, 15) is 4.79 Å². The summed E-state index contributed by atoms with van der Waals surface area (Å²) in [5, 5.41) is 0. The van der Waals surface area contributed by atoms with Gasteiger partial charge in [-0.25, -0.2) is 4.99 Å². The monoisotopic (exact) mass is 152 g/mol. The maximum Gasteiger partial charge on any atom is 0.304 e. The number of nitrogens with two attached hydrogens (primary N) is 1. The Hall–Kier alpha value is -1.72. The molecule has 0 aromatic rings. The summed E-state index contributed by atoms with van der Waals surface area (Å²) in [4.78, 5) is 21.7. The van der Waals surface area contributed by atoms with Crippen molar-refractivity contribution in [1.82, 2.24) is 0 Å². The predicted octanol–water partition coefficient (Wildman–Crippen LogP) is -1.33. The molecule has 0 saturated carbocycles. The largest absolute Gasteiger partial charge is 0.453 e. The van der Waals surface area contributed by atoms with Crippen LogP contribution in [-0.4, -0.2) is 30.2 Å². The van der Waals surface area contributed by atoms with Gasteiger partial charge in [-0.05, 0) is 0 Å². The summed E-state index contributed by atoms with van der Waals surface area (Å²) in [6.45, 7) is 0.128. The molecule has 0 aromatic heterocycles. The van der Waals surface area contributed by atoms with Crippen LogP contribution in [0.1, 0.15) is 0 Å². The zero-order valence-corrected chi connectivity index (χ0v) is 5.44. The summed E-state index contributed by atoms with van der Waals surface area (Å²) in [6, 6.07) is 0. The molecule has 2 rings (SSSR count). The number of amides is 1. The Bertz CT molecular complexity index is 314. The quantitative estimate of drug-likeness (QED) is 0.466. The summed E-state index contributed by atoms with van der Waals surface area (Å²) in [6.07, 6.45) is 0. The zero-order valence-electron chi connectivity index (χ0n) is 5.44. The van der Waals surface area contributed by atoms with E-state index in [1.807, 2.05) is 0 Å². The van der Waals surface area contributed by atoms with Crippen molar-refractivity contribution in [2.45, 2.75) is 0 Å². The van der Waals surface area contributed by atoms with Crippen molar-refractivity contribution in [3.8, 4) is 0 Å². The number of hydrogen-bond acceptors (Lipinski definition) is 5. The van der Waals surface area contributed by atoms with Gasteiger partial charge in [0.1, 0.15) is 0 Å². The Morgan fingerprint density at radius 3 is 3.09 bits per heavy atom. The first-order chi connectivity index (χ1) is 5.27. The zero-order chi connectivity index (χ0) is 7.84. The van der Waals surface area contributed by atoms with E-state index in [1.165, 1.54) is 0 Å². The minimum absolute atomic E-state index is 0.0779. The number of hydrogen-bond donors (Lipinski definition) is 1. The molecule has 0 unspecified atom stereocenters. The maximum atomic E-state index is 10.9. The minimum atomic E-state index is -0.481. The lowest BCUT2D eigenvalue weighted by Gasteiger charge is -2.02. The molecule has 2 heterocycles. The number of aliphatic imine (C=N–C) groups is 3. The number of nitrogens with zero attached hydrogens (tertiary/aromatic N) is 3. The third kappa shape index (κ3) is 0.794. The van der Waals surface area contributed by atoms with E-state index in [0.29, 0.717) is 0 Å². The number of guanidine groups is 1. The molecule has 2 N–H and O–H groups in total. The summed E-state index contributed by atoms with van der Waals surface area (Å²) >= 11 is 0. The Balaban J connectivity index is 2.48. The number of ether oxygens (including phenoxy) is 1. The highest BCUT2D eigenvalue weighted by atomic mass is 16.5. The average molecular weight is 152 g/mol. The molecular weight excluding hydrogens is 148 g/mol. The summed E-state index contributed by atoms with van der Waals surface area (Å²) in [7, 11) is 0. The van der Waals surface area contributed by atoms with Gasteiger partial charge in [-0.15, -0.1) is 0 Å². The van der Waals surface area contributed by atoms with Crippen LogP contribution in [0.5, 0.6) is 0 Å². The molecule has 0 bridgehead atoms. The fourth-order valence-electron chi connectivity index (χ4n) is 0.824. The fourth-order valence-corrected chi connectivity index (χ4v) is 0.824. The molecule has 0 fully saturated rings. The Morgan fingerprint density at radius 1 is 1.45 bits per heavy atom. The Labute approximate surface area is 61.5 Å². The predicted molar refractivity (Wildman–Crippen MR) is 37.5 cm³/mol. The first-order valence-electron chi connectivity index (χ1n) is 2.92. The minimum Gasteiger partial charge on any atom is -0.453 e. The van der Waals surface area contributed by atoms with Crippen molar-refractivity contribution in [3.63, 3.8) is 0 Å². The van der Waals surface area contributed by atoms with Crippen LogP contribution in [0.2, 0.25) is 0 Å². The highest BCUT2D eigenvalue weighted by molar-refractivity contribution is 6.68. The van der Waals surface area contributed by atoms with Gasteiger partial charge in [0.2, 0.25) is 5.96 Å². The summed E-state index contributed by atoms with van der Waals surface area (Å²) in [5.74, 6) is -0.377. The van der Waals surface area contributed by atoms with Crippen molar-refractivity contribution in [2.24, 2.45) is 20.7 Å². The highest BCUT2D eigenvalue weighted by Gasteiger charge is 2.27. The molecule has 0 aromatic carbocycles. The summed E-state index contributed by atoms with van der Waals surface area (Å²) in [5.41, 5.74) is 5.35. The lowest BCUT2D eigenvalue weighted by atomic mass is 10.3. The standard InChI is InChI=1S/C5H4N4O2/c6-5-8-3(10)2-4(9-5)11-1-7-2/h1H2,(H2,6,8,10). The second kappa shape index (κ2) is 1.88. The second-order valence-electron chi connectivity index (χ2n) is 1.97. The Kier molecular flexibility index (Phi) is 1.03. The van der Waals surface area contributed by atoms with Gasteiger partial charge in [0.05, 0.1) is 0 Å². The topological polar surface area (TPSA) is 89.4 Å². The van der Waals surface area contributed by atoms with Crippen molar-refractivity contribution in [2.75, 3.05) is 6.73 Å². The van der Waals surface area contributed by atoms with Crippen LogP contribution in [-0.2, 0) is 9.53 Å². The van der Waals surface area contributed by atoms with Crippen LogP contribution in [0, 0.1) is 0 Å². The van der Waals surface area contributed by atoms with E-state index in [2.05, 4.69) is 15.0 Å². The molecule has 1 amide bonds. The van der Waals surface area contributed by atoms with Gasteiger partial charge in [0.15, 0.2) is 12.4 Å². The molecule has 56 valence electrons. The van der Waals surface area contributed by atoms with Gasteiger partial charge in [-0.2, -0.15) is 9.98 Å². The van der Waals surface area contributed by atoms with Gasteiger partial charge in [0.25, 0.3) is 5.90 Å². The number of carbonyl (C=O) groups excluding carboxylic acids is 1. The molecule has 6 nitrogen and oxygen atoms in total. The molecule has 11 heavy (non-hydrogen) atoms. The van der Waals surface area contributed by atoms with Crippen LogP contribution in [0.4, 0.5) is 0 Å². The van der Waals surface area contributed by atoms with Crippen molar-refractivity contribution >= 4 is 23.5 Å². The van der Waals surface area contributed by atoms with Crippen molar-refractivity contribution in [3.05, 3.63) is 0 Å². The first-order valence-corrected chi connectivity index (χ1v) is 2.92. The van der Waals surface area contributed by atoms with Crippen LogP contribution in [0.3, 0.4) is 0 Å². The van der Waals surface area contributed by atoms with E-state index < -0.39 is 5.91 Å². The molecule has 6 heteroatoms. The molecule has 0 radical (unpaired) electrons. The van der Waals surface area contributed by atoms with Gasteiger partial charge in [0, 0.05) is 0 Å². The molecule has 0 aliphatic carbocycles. The normalized spacial score (nSPS) is 21.5. The number of fused-ring (bicyclic) bond motifs is 1. The Morgan fingerprint density at radius 2 is 2.27 bits per heavy atom. The van der Waals surface area contributed by atoms with Crippen LogP contribution >= 0.6 is 0 Å². The van der Waals surface area contributed by atoms with E-state index in [0.717, 1.165) is 0 Å². The van der Waals surface area contributed by atoms with Gasteiger partial charge in [-0.1, -0.05) is 0 Å². The van der Waals surface area contributed by atoms with E-state index >= 15 is 0 Å². The maximum absolute atomic E-state index is 10.9. The lowest BCUT2D eigenvalue weighted by Crippen LogP contribution is -2.29. The molecular formula is C5H4N4O2. The third-order valence-electron chi connectivity index (χ3n) is 1.26. The summed E-state index contributed by atoms with van der Waals surface area (Å²) < 4.78 is 4.86. The first kappa shape index (κ1) is 6.02. The molecule has 0 saturated heterocycles. The van der Waals surface area contributed by atoms with Gasteiger partial charge < -0.3 is 10.5 Å². The molecule has 0 atom stereocenters. The third-order valence-corrected chi connectivity index (χ3v) is 1.26. The molecule has 2 aliphatic rings. The SMILES string of the molecule is NC1=NC(=O)C2=NCOC2=N1. The lowest BCUT2D eigenvalue weighted by molar-refractivity contribution is -0.111. The molecule has 0 spiro atoms. The van der Waals surface area contributed by atoms with Crippen LogP contribution < -0.4 is 5.73 Å². The van der Waals surface area contributed by atoms with E-state index in [1.54, 1.807) is 0 Å². The van der Waals surface area contributed by atoms with Crippen molar-refractivity contribution in [1.29, 1.82) is 0 Å². The number of rotatable bonds is 0. The smallest absolute Gasteiger partial charge is 0.304 e. The van der Waals surface area contributed by atoms with Crippen molar-refractivity contribution < 1.29 is 9.53 Å². The van der Waals surface area contributed by atoms with Crippen LogP contribution in [0.15, 0.2) is 15.0 Å². The fraction of sp³-hybridized carbons (Fsp3) is 0.200. The second-order valence-corrected chi connectivity index (χ2v) is 1.97. The molecule has 2 aliphatic heterocycles. The van der Waals surface area contributed by atoms with Crippen LogP contribution in [0.25, 0.3) is 0 Å².